The minimum absolute atomic E-state index is 0.0500. The van der Waals surface area contributed by atoms with E-state index < -0.39 is 0 Å². The number of carbonyl (C=O) groups excluding carboxylic acids is 2. The first-order chi connectivity index (χ1) is 11.6. The lowest BCUT2D eigenvalue weighted by atomic mass is 9.90. The summed E-state index contributed by atoms with van der Waals surface area (Å²) in [4.78, 5) is 28.8. The van der Waals surface area contributed by atoms with E-state index in [0.29, 0.717) is 19.0 Å². The second-order valence-corrected chi connectivity index (χ2v) is 6.85. The molecule has 0 radical (unpaired) electrons. The van der Waals surface area contributed by atoms with E-state index >= 15 is 0 Å². The molecule has 2 aliphatic heterocycles. The molecule has 5 heteroatoms. The third kappa shape index (κ3) is 3.46. The molecule has 2 unspecified atom stereocenters. The topological polar surface area (TPSA) is 52.7 Å². The average molecular weight is 329 g/mol. The largest absolute Gasteiger partial charge is 0.341 e. The number of fused-ring (bicyclic) bond motifs is 1. The van der Waals surface area contributed by atoms with Gasteiger partial charge < -0.3 is 15.1 Å². The Hall–Kier alpha value is -1.88. The van der Waals surface area contributed by atoms with Gasteiger partial charge in [-0.2, -0.15) is 0 Å². The molecular formula is C19H27N3O2. The second kappa shape index (κ2) is 7.34. The van der Waals surface area contributed by atoms with E-state index in [1.807, 2.05) is 29.0 Å². The maximum absolute atomic E-state index is 12.9. The Balaban J connectivity index is 1.78. The van der Waals surface area contributed by atoms with Gasteiger partial charge in [0.25, 0.3) is 0 Å². The monoisotopic (exact) mass is 329 g/mol. The zero-order chi connectivity index (χ0) is 17.1. The Morgan fingerprint density at radius 3 is 2.79 bits per heavy atom. The van der Waals surface area contributed by atoms with Gasteiger partial charge in [-0.05, 0) is 37.4 Å². The van der Waals surface area contributed by atoms with E-state index in [4.69, 9.17) is 0 Å². The fourth-order valence-corrected chi connectivity index (χ4v) is 3.98. The lowest BCUT2D eigenvalue weighted by Gasteiger charge is -2.39. The van der Waals surface area contributed by atoms with Gasteiger partial charge in [-0.1, -0.05) is 24.3 Å². The van der Waals surface area contributed by atoms with Gasteiger partial charge in [0.05, 0.1) is 12.5 Å². The number of nitrogens with one attached hydrogen (secondary N) is 1. The molecule has 1 saturated heterocycles. The second-order valence-electron chi connectivity index (χ2n) is 6.85. The van der Waals surface area contributed by atoms with Crippen LogP contribution in [0.5, 0.6) is 0 Å². The van der Waals surface area contributed by atoms with Gasteiger partial charge in [-0.25, -0.2) is 0 Å². The predicted octanol–water partition coefficient (Wildman–Crippen LogP) is 1.73. The Morgan fingerprint density at radius 2 is 2.04 bits per heavy atom. The molecule has 0 aliphatic carbocycles. The molecule has 130 valence electrons. The van der Waals surface area contributed by atoms with Crippen LogP contribution in [0, 0.1) is 0 Å². The van der Waals surface area contributed by atoms with Crippen LogP contribution in [-0.2, 0) is 16.0 Å². The minimum atomic E-state index is -0.130. The minimum Gasteiger partial charge on any atom is -0.341 e. The number of piperidine rings is 1. The van der Waals surface area contributed by atoms with Gasteiger partial charge in [0.15, 0.2) is 0 Å². The molecular weight excluding hydrogens is 302 g/mol. The van der Waals surface area contributed by atoms with Crippen LogP contribution in [0.15, 0.2) is 24.3 Å². The molecule has 0 aromatic heterocycles. The number of nitrogens with zero attached hydrogens (tertiary/aromatic N) is 2. The molecule has 1 fully saturated rings. The molecule has 1 N–H and O–H groups in total. The number of likely N-dealkylation sites (tertiary alicyclic amines) is 1. The summed E-state index contributed by atoms with van der Waals surface area (Å²) in [5, 5.41) is 3.28. The third-order valence-electron chi connectivity index (χ3n) is 5.37. The van der Waals surface area contributed by atoms with Crippen molar-refractivity contribution in [2.45, 2.75) is 44.7 Å². The molecule has 3 rings (SSSR count). The highest BCUT2D eigenvalue weighted by Crippen LogP contribution is 2.33. The molecule has 0 bridgehead atoms. The van der Waals surface area contributed by atoms with Crippen molar-refractivity contribution in [2.24, 2.45) is 0 Å². The van der Waals surface area contributed by atoms with Crippen LogP contribution in [0.2, 0.25) is 0 Å². The van der Waals surface area contributed by atoms with Crippen molar-refractivity contribution in [1.82, 2.24) is 15.1 Å². The fraction of sp³-hybridized carbons (Fsp3) is 0.579. The van der Waals surface area contributed by atoms with Gasteiger partial charge >= 0.3 is 0 Å². The quantitative estimate of drug-likeness (QED) is 0.919. The zero-order valence-corrected chi connectivity index (χ0v) is 14.6. The molecule has 5 nitrogen and oxygen atoms in total. The van der Waals surface area contributed by atoms with E-state index in [9.17, 15) is 9.59 Å². The maximum atomic E-state index is 12.9. The summed E-state index contributed by atoms with van der Waals surface area (Å²) in [7, 11) is 1.95. The highest BCUT2D eigenvalue weighted by molar-refractivity contribution is 5.80. The van der Waals surface area contributed by atoms with Crippen LogP contribution in [0.3, 0.4) is 0 Å². The van der Waals surface area contributed by atoms with Crippen LogP contribution in [0.25, 0.3) is 0 Å². The van der Waals surface area contributed by atoms with Gasteiger partial charge in [0.2, 0.25) is 11.8 Å². The predicted molar refractivity (Wildman–Crippen MR) is 93.6 cm³/mol. The Kier molecular flexibility index (Phi) is 5.19. The summed E-state index contributed by atoms with van der Waals surface area (Å²) >= 11 is 0. The molecule has 0 saturated carbocycles. The summed E-state index contributed by atoms with van der Waals surface area (Å²) in [6.07, 6.45) is 3.40. The summed E-state index contributed by atoms with van der Waals surface area (Å²) in [6, 6.07) is 8.46. The Morgan fingerprint density at radius 1 is 1.25 bits per heavy atom. The van der Waals surface area contributed by atoms with E-state index in [-0.39, 0.29) is 17.9 Å². The third-order valence-corrected chi connectivity index (χ3v) is 5.37. The zero-order valence-electron chi connectivity index (χ0n) is 14.6. The van der Waals surface area contributed by atoms with E-state index in [0.717, 1.165) is 37.9 Å². The lowest BCUT2D eigenvalue weighted by molar-refractivity contribution is -0.137. The molecule has 1 aromatic carbocycles. The van der Waals surface area contributed by atoms with Crippen LogP contribution in [0.1, 0.15) is 43.4 Å². The van der Waals surface area contributed by atoms with Crippen molar-refractivity contribution in [2.75, 3.05) is 26.7 Å². The van der Waals surface area contributed by atoms with Gasteiger partial charge in [-0.3, -0.25) is 9.59 Å². The number of hydrogen-bond donors (Lipinski definition) is 1. The number of amides is 2. The fourth-order valence-electron chi connectivity index (χ4n) is 3.98. The number of likely N-dealkylation sites (N-methyl/N-ethyl adjacent to an activating group) is 1. The van der Waals surface area contributed by atoms with Crippen molar-refractivity contribution in [1.29, 1.82) is 0 Å². The number of benzene rings is 1. The average Bonchev–Trinajstić information content (AvgIpc) is 2.61. The first-order valence-corrected chi connectivity index (χ1v) is 8.90. The van der Waals surface area contributed by atoms with Gasteiger partial charge in [0, 0.05) is 32.6 Å². The lowest BCUT2D eigenvalue weighted by Crippen LogP contribution is -2.48. The molecule has 1 aromatic rings. The maximum Gasteiger partial charge on any atom is 0.225 e. The van der Waals surface area contributed by atoms with Crippen molar-refractivity contribution >= 4 is 11.8 Å². The van der Waals surface area contributed by atoms with Crippen molar-refractivity contribution in [3.05, 3.63) is 35.4 Å². The normalized spacial score (nSPS) is 23.8. The summed E-state index contributed by atoms with van der Waals surface area (Å²) in [6.45, 7) is 3.89. The first-order valence-electron chi connectivity index (χ1n) is 8.90. The molecule has 2 aliphatic rings. The highest BCUT2D eigenvalue weighted by Gasteiger charge is 2.32. The van der Waals surface area contributed by atoms with Crippen LogP contribution < -0.4 is 5.32 Å². The Bertz CT molecular complexity index is 616. The van der Waals surface area contributed by atoms with E-state index in [2.05, 4.69) is 17.4 Å². The molecule has 0 spiro atoms. The van der Waals surface area contributed by atoms with Crippen molar-refractivity contribution in [3.8, 4) is 0 Å². The summed E-state index contributed by atoms with van der Waals surface area (Å²) in [5.74, 6) is 0.206. The standard InChI is InChI=1S/C19H27N3O2/c1-14(23)22-11-9-15-6-3-4-8-17(15)18(22)12-19(24)21-10-5-7-16(13-21)20-2/h3-4,6,8,16,18,20H,5,7,9-13H2,1-2H3. The molecule has 2 heterocycles. The van der Waals surface area contributed by atoms with E-state index in [1.165, 1.54) is 5.56 Å². The van der Waals surface area contributed by atoms with Crippen LogP contribution in [0.4, 0.5) is 0 Å². The Labute approximate surface area is 144 Å². The first kappa shape index (κ1) is 17.0. The number of carbonyl (C=O) groups is 2. The molecule has 24 heavy (non-hydrogen) atoms. The molecule has 2 atom stereocenters. The summed E-state index contributed by atoms with van der Waals surface area (Å²) < 4.78 is 0. The van der Waals surface area contributed by atoms with Crippen LogP contribution in [-0.4, -0.2) is 54.3 Å². The SMILES string of the molecule is CNC1CCCN(C(=O)CC2c3ccccc3CCN2C(C)=O)C1. The van der Waals surface area contributed by atoms with Crippen molar-refractivity contribution in [3.63, 3.8) is 0 Å². The molecule has 2 amide bonds. The number of rotatable bonds is 3. The highest BCUT2D eigenvalue weighted by atomic mass is 16.2. The smallest absolute Gasteiger partial charge is 0.225 e. The summed E-state index contributed by atoms with van der Waals surface area (Å²) in [5.41, 5.74) is 2.40. The van der Waals surface area contributed by atoms with E-state index in [1.54, 1.807) is 6.92 Å². The van der Waals surface area contributed by atoms with Crippen LogP contribution >= 0.6 is 0 Å². The van der Waals surface area contributed by atoms with Crippen molar-refractivity contribution < 1.29 is 9.59 Å². The number of hydrogen-bond acceptors (Lipinski definition) is 3. The van der Waals surface area contributed by atoms with Gasteiger partial charge in [-0.15, -0.1) is 0 Å². The van der Waals surface area contributed by atoms with Gasteiger partial charge in [0.1, 0.15) is 0 Å².